The first-order valence-corrected chi connectivity index (χ1v) is 8.66. The van der Waals surface area contributed by atoms with Gasteiger partial charge in [0.05, 0.1) is 0 Å². The molecule has 6 heteroatoms. The molecule has 0 radical (unpaired) electrons. The lowest BCUT2D eigenvalue weighted by atomic mass is 10.2. The molecule has 1 heterocycles. The van der Waals surface area contributed by atoms with Crippen LogP contribution in [0.3, 0.4) is 0 Å². The van der Waals surface area contributed by atoms with Crippen molar-refractivity contribution in [2.75, 3.05) is 19.6 Å². The number of rotatable bonds is 8. The van der Waals surface area contributed by atoms with Crippen molar-refractivity contribution in [2.45, 2.75) is 33.4 Å². The minimum absolute atomic E-state index is 0.0628. The number of amides is 1. The van der Waals surface area contributed by atoms with Crippen molar-refractivity contribution >= 4 is 17.5 Å². The zero-order valence-electron chi connectivity index (χ0n) is 14.5. The van der Waals surface area contributed by atoms with E-state index in [2.05, 4.69) is 35.9 Å². The average Bonchev–Trinajstić information content (AvgIpc) is 3.09. The Bertz CT molecular complexity index is 642. The number of nitrogens with one attached hydrogen (secondary N) is 1. The Labute approximate surface area is 148 Å². The summed E-state index contributed by atoms with van der Waals surface area (Å²) in [5.41, 5.74) is 1.44. The van der Waals surface area contributed by atoms with E-state index in [0.717, 1.165) is 18.7 Å². The van der Waals surface area contributed by atoms with Crippen LogP contribution in [0.15, 0.2) is 36.5 Å². The lowest BCUT2D eigenvalue weighted by Crippen LogP contribution is -2.41. The van der Waals surface area contributed by atoms with Gasteiger partial charge in [-0.25, -0.2) is 0 Å². The van der Waals surface area contributed by atoms with Crippen molar-refractivity contribution in [1.82, 2.24) is 20.0 Å². The van der Waals surface area contributed by atoms with Gasteiger partial charge in [0, 0.05) is 36.9 Å². The van der Waals surface area contributed by atoms with E-state index in [9.17, 15) is 4.79 Å². The smallest absolute Gasteiger partial charge is 0.272 e. The number of aromatic nitrogens is 2. The Morgan fingerprint density at radius 1 is 1.25 bits per heavy atom. The number of likely N-dealkylation sites (N-methyl/N-ethyl adjacent to an activating group) is 1. The number of carbonyl (C=O) groups is 1. The lowest BCUT2D eigenvalue weighted by molar-refractivity contribution is 0.0707. The van der Waals surface area contributed by atoms with Gasteiger partial charge in [-0.05, 0) is 38.1 Å². The Kier molecular flexibility index (Phi) is 6.82. The van der Waals surface area contributed by atoms with Gasteiger partial charge in [-0.2, -0.15) is 5.10 Å². The van der Waals surface area contributed by atoms with Crippen molar-refractivity contribution in [3.63, 3.8) is 0 Å². The van der Waals surface area contributed by atoms with Crippen LogP contribution in [0.5, 0.6) is 0 Å². The molecule has 24 heavy (non-hydrogen) atoms. The second-order valence-electron chi connectivity index (χ2n) is 6.01. The summed E-state index contributed by atoms with van der Waals surface area (Å²) in [6.07, 6.45) is 1.59. The van der Waals surface area contributed by atoms with Gasteiger partial charge in [0.1, 0.15) is 5.69 Å². The summed E-state index contributed by atoms with van der Waals surface area (Å²) in [6, 6.07) is 9.77. The van der Waals surface area contributed by atoms with Crippen molar-refractivity contribution in [3.05, 3.63) is 52.8 Å². The summed E-state index contributed by atoms with van der Waals surface area (Å²) in [6.45, 7) is 9.35. The maximum absolute atomic E-state index is 12.8. The van der Waals surface area contributed by atoms with Crippen LogP contribution in [0, 0.1) is 0 Å². The highest BCUT2D eigenvalue weighted by atomic mass is 35.5. The molecule has 0 unspecified atom stereocenters. The number of aromatic amines is 1. The van der Waals surface area contributed by atoms with Crippen LogP contribution in [0.2, 0.25) is 5.02 Å². The summed E-state index contributed by atoms with van der Waals surface area (Å²) < 4.78 is 0. The molecule has 1 amide bonds. The predicted molar refractivity (Wildman–Crippen MR) is 97.2 cm³/mol. The third-order valence-electron chi connectivity index (χ3n) is 4.13. The zero-order chi connectivity index (χ0) is 17.5. The molecule has 0 aliphatic carbocycles. The standard InChI is InChI=1S/C18H25ClN4O/c1-4-22(14(2)3)11-12-23(18(24)17-9-10-20-21-17)13-15-7-5-6-8-16(15)19/h5-10,14H,4,11-13H2,1-3H3,(H,20,21). The van der Waals surface area contributed by atoms with E-state index in [-0.39, 0.29) is 5.91 Å². The van der Waals surface area contributed by atoms with Crippen LogP contribution in [0.4, 0.5) is 0 Å². The second kappa shape index (κ2) is 8.85. The number of benzene rings is 1. The summed E-state index contributed by atoms with van der Waals surface area (Å²) in [7, 11) is 0. The first-order valence-electron chi connectivity index (χ1n) is 8.29. The molecule has 1 N–H and O–H groups in total. The van der Waals surface area contributed by atoms with Gasteiger partial charge in [0.15, 0.2) is 0 Å². The lowest BCUT2D eigenvalue weighted by Gasteiger charge is -2.29. The van der Waals surface area contributed by atoms with E-state index in [1.807, 2.05) is 29.2 Å². The van der Waals surface area contributed by atoms with Crippen LogP contribution in [0.25, 0.3) is 0 Å². The first-order chi connectivity index (χ1) is 11.5. The normalized spacial score (nSPS) is 11.2. The quantitative estimate of drug-likeness (QED) is 0.795. The molecule has 1 aromatic heterocycles. The molecule has 130 valence electrons. The summed E-state index contributed by atoms with van der Waals surface area (Å²) in [4.78, 5) is 16.9. The first kappa shape index (κ1) is 18.5. The van der Waals surface area contributed by atoms with Gasteiger partial charge in [0.2, 0.25) is 0 Å². The van der Waals surface area contributed by atoms with E-state index in [1.165, 1.54) is 0 Å². The van der Waals surface area contributed by atoms with E-state index in [0.29, 0.717) is 29.8 Å². The van der Waals surface area contributed by atoms with Crippen molar-refractivity contribution in [1.29, 1.82) is 0 Å². The van der Waals surface area contributed by atoms with Crippen molar-refractivity contribution in [2.24, 2.45) is 0 Å². The van der Waals surface area contributed by atoms with Gasteiger partial charge >= 0.3 is 0 Å². The average molecular weight is 349 g/mol. The van der Waals surface area contributed by atoms with Crippen LogP contribution < -0.4 is 0 Å². The van der Waals surface area contributed by atoms with Crippen molar-refractivity contribution in [3.8, 4) is 0 Å². The maximum atomic E-state index is 12.8. The highest BCUT2D eigenvalue weighted by Crippen LogP contribution is 2.18. The summed E-state index contributed by atoms with van der Waals surface area (Å²) in [5.74, 6) is -0.0628. The molecule has 0 atom stereocenters. The predicted octanol–water partition coefficient (Wildman–Crippen LogP) is 3.44. The highest BCUT2D eigenvalue weighted by Gasteiger charge is 2.19. The fourth-order valence-corrected chi connectivity index (χ4v) is 2.86. The van der Waals surface area contributed by atoms with Gasteiger partial charge in [0.25, 0.3) is 5.91 Å². The van der Waals surface area contributed by atoms with Gasteiger partial charge in [-0.3, -0.25) is 14.8 Å². The van der Waals surface area contributed by atoms with E-state index in [4.69, 9.17) is 11.6 Å². The SMILES string of the molecule is CCN(CCN(Cc1ccccc1Cl)C(=O)c1ccn[nH]1)C(C)C. The number of nitrogens with zero attached hydrogens (tertiary/aromatic N) is 3. The minimum atomic E-state index is -0.0628. The topological polar surface area (TPSA) is 52.2 Å². The molecule has 0 fully saturated rings. The third-order valence-corrected chi connectivity index (χ3v) is 4.50. The van der Waals surface area contributed by atoms with Crippen LogP contribution in [0.1, 0.15) is 36.8 Å². The third kappa shape index (κ3) is 4.82. The van der Waals surface area contributed by atoms with Gasteiger partial charge in [-0.1, -0.05) is 36.7 Å². The Morgan fingerprint density at radius 3 is 2.58 bits per heavy atom. The number of H-pyrrole nitrogens is 1. The fraction of sp³-hybridized carbons (Fsp3) is 0.444. The Morgan fingerprint density at radius 2 is 2.00 bits per heavy atom. The maximum Gasteiger partial charge on any atom is 0.272 e. The molecule has 5 nitrogen and oxygen atoms in total. The molecule has 0 aliphatic rings. The number of hydrogen-bond acceptors (Lipinski definition) is 3. The van der Waals surface area contributed by atoms with Gasteiger partial charge in [-0.15, -0.1) is 0 Å². The highest BCUT2D eigenvalue weighted by molar-refractivity contribution is 6.31. The largest absolute Gasteiger partial charge is 0.332 e. The minimum Gasteiger partial charge on any atom is -0.332 e. The van der Waals surface area contributed by atoms with Crippen molar-refractivity contribution < 1.29 is 4.79 Å². The molecule has 0 spiro atoms. The molecule has 0 saturated carbocycles. The molecule has 0 saturated heterocycles. The molecule has 1 aromatic carbocycles. The second-order valence-corrected chi connectivity index (χ2v) is 6.42. The van der Waals surface area contributed by atoms with Crippen LogP contribution >= 0.6 is 11.6 Å². The van der Waals surface area contributed by atoms with Gasteiger partial charge < -0.3 is 4.90 Å². The molecule has 0 aliphatic heterocycles. The van der Waals surface area contributed by atoms with E-state index >= 15 is 0 Å². The van der Waals surface area contributed by atoms with E-state index in [1.54, 1.807) is 12.3 Å². The molecular formula is C18H25ClN4O. The van der Waals surface area contributed by atoms with Crippen LogP contribution in [-0.2, 0) is 6.54 Å². The van der Waals surface area contributed by atoms with Crippen LogP contribution in [-0.4, -0.2) is 51.6 Å². The number of hydrogen-bond donors (Lipinski definition) is 1. The monoisotopic (exact) mass is 348 g/mol. The Balaban J connectivity index is 2.15. The number of halogens is 1. The molecular weight excluding hydrogens is 324 g/mol. The summed E-state index contributed by atoms with van der Waals surface area (Å²) >= 11 is 6.27. The molecule has 2 aromatic rings. The Hall–Kier alpha value is -1.85. The molecule has 0 bridgehead atoms. The fourth-order valence-electron chi connectivity index (χ4n) is 2.66. The summed E-state index contributed by atoms with van der Waals surface area (Å²) in [5, 5.41) is 7.31. The zero-order valence-corrected chi connectivity index (χ0v) is 15.3. The number of carbonyl (C=O) groups excluding carboxylic acids is 1. The molecule has 2 rings (SSSR count). The van der Waals surface area contributed by atoms with E-state index < -0.39 is 0 Å².